The Hall–Kier alpha value is -0.990. The summed E-state index contributed by atoms with van der Waals surface area (Å²) in [6.45, 7) is 7.62. The maximum absolute atomic E-state index is 4.76. The van der Waals surface area contributed by atoms with Crippen molar-refractivity contribution < 1.29 is 9.57 Å². The Labute approximate surface area is 75.1 Å². The fourth-order valence-electron chi connectivity index (χ4n) is 0.300. The van der Waals surface area contributed by atoms with Gasteiger partial charge in [0.25, 0.3) is 0 Å². The van der Waals surface area contributed by atoms with Gasteiger partial charge in [-0.15, -0.1) is 0 Å². The summed E-state index contributed by atoms with van der Waals surface area (Å²) in [7, 11) is 3.20. The van der Waals surface area contributed by atoms with E-state index >= 15 is 0 Å². The minimum atomic E-state index is 0.942. The number of oxime groups is 1. The maximum atomic E-state index is 4.76. The first-order valence-electron chi connectivity index (χ1n) is 3.79. The Morgan fingerprint density at radius 1 is 1.17 bits per heavy atom. The number of rotatable bonds is 2. The molecule has 12 heavy (non-hydrogen) atoms. The second-order valence-electron chi connectivity index (χ2n) is 2.32. The summed E-state index contributed by atoms with van der Waals surface area (Å²) < 4.78 is 4.76. The van der Waals surface area contributed by atoms with E-state index in [1.165, 1.54) is 7.11 Å². The predicted molar refractivity (Wildman–Crippen MR) is 52.2 cm³/mol. The zero-order valence-electron chi connectivity index (χ0n) is 8.84. The maximum Gasteiger partial charge on any atom is 0.106 e. The molecule has 0 aliphatic heterocycles. The third kappa shape index (κ3) is 16.0. The normalized spacial score (nSPS) is 9.33. The number of hydrogen-bond donors (Lipinski definition) is 0. The second-order valence-corrected chi connectivity index (χ2v) is 2.32. The molecule has 0 amide bonds. The Balaban J connectivity index is 0. The van der Waals surface area contributed by atoms with Gasteiger partial charge in [-0.1, -0.05) is 11.2 Å². The van der Waals surface area contributed by atoms with E-state index in [1.807, 2.05) is 33.8 Å². The summed E-state index contributed by atoms with van der Waals surface area (Å²) in [6.07, 6.45) is 1.92. The molecule has 0 saturated carbocycles. The van der Waals surface area contributed by atoms with E-state index in [9.17, 15) is 0 Å². The van der Waals surface area contributed by atoms with Crippen LogP contribution in [0.15, 0.2) is 17.0 Å². The molecule has 3 nitrogen and oxygen atoms in total. The largest absolute Gasteiger partial charge is 0.502 e. The minimum absolute atomic E-state index is 0.942. The van der Waals surface area contributed by atoms with Gasteiger partial charge in [0.2, 0.25) is 0 Å². The second kappa shape index (κ2) is 10.0. The van der Waals surface area contributed by atoms with Crippen molar-refractivity contribution in [1.29, 1.82) is 0 Å². The third-order valence-corrected chi connectivity index (χ3v) is 1.00. The van der Waals surface area contributed by atoms with E-state index in [0.717, 1.165) is 11.5 Å². The first-order valence-corrected chi connectivity index (χ1v) is 3.79. The lowest BCUT2D eigenvalue weighted by Gasteiger charge is -1.91. The average Bonchev–Trinajstić information content (AvgIpc) is 2.04. The fraction of sp³-hybridized carbons (Fsp3) is 0.667. The van der Waals surface area contributed by atoms with E-state index in [2.05, 4.69) is 9.99 Å². The number of allylic oxidation sites excluding steroid dienone is 2. The summed E-state index contributed by atoms with van der Waals surface area (Å²) >= 11 is 0. The molecule has 0 aliphatic rings. The van der Waals surface area contributed by atoms with Crippen LogP contribution in [0.4, 0.5) is 0 Å². The van der Waals surface area contributed by atoms with Crippen LogP contribution in [0, 0.1) is 0 Å². The molecule has 0 unspecified atom stereocenters. The van der Waals surface area contributed by atoms with Crippen molar-refractivity contribution >= 4 is 5.71 Å². The van der Waals surface area contributed by atoms with Crippen LogP contribution >= 0.6 is 0 Å². The molecule has 0 fully saturated rings. The van der Waals surface area contributed by atoms with Gasteiger partial charge in [-0.25, -0.2) is 0 Å². The van der Waals surface area contributed by atoms with Crippen LogP contribution in [0.2, 0.25) is 0 Å². The van der Waals surface area contributed by atoms with Gasteiger partial charge >= 0.3 is 0 Å². The summed E-state index contributed by atoms with van der Waals surface area (Å²) in [6, 6.07) is 0. The molecule has 0 aromatic rings. The zero-order valence-corrected chi connectivity index (χ0v) is 8.84. The van der Waals surface area contributed by atoms with E-state index in [1.54, 1.807) is 7.11 Å². The zero-order chi connectivity index (χ0) is 9.98. The molecule has 0 aliphatic carbocycles. The molecule has 72 valence electrons. The average molecular weight is 173 g/mol. The molecule has 0 N–H and O–H groups in total. The van der Waals surface area contributed by atoms with Gasteiger partial charge in [-0.2, -0.15) is 0 Å². The van der Waals surface area contributed by atoms with Gasteiger partial charge < -0.3 is 9.57 Å². The quantitative estimate of drug-likeness (QED) is 0.365. The van der Waals surface area contributed by atoms with Crippen LogP contribution < -0.4 is 0 Å². The smallest absolute Gasteiger partial charge is 0.106 e. The topological polar surface area (TPSA) is 30.8 Å². The van der Waals surface area contributed by atoms with Crippen LogP contribution in [0.3, 0.4) is 0 Å². The van der Waals surface area contributed by atoms with Crippen LogP contribution in [-0.4, -0.2) is 19.9 Å². The van der Waals surface area contributed by atoms with Gasteiger partial charge in [0.05, 0.1) is 18.6 Å². The summed E-state index contributed by atoms with van der Waals surface area (Å²) in [5.74, 6) is 0.968. The molecule has 0 spiro atoms. The van der Waals surface area contributed by atoms with Crippen LogP contribution in [-0.2, 0) is 9.57 Å². The molecule has 0 heterocycles. The van der Waals surface area contributed by atoms with Gasteiger partial charge in [-0.05, 0) is 27.7 Å². The number of methoxy groups -OCH3 is 1. The lowest BCUT2D eigenvalue weighted by atomic mass is 10.5. The molecule has 0 aromatic heterocycles. The first kappa shape index (κ1) is 13.6. The van der Waals surface area contributed by atoms with Crippen LogP contribution in [0.1, 0.15) is 27.7 Å². The molecule has 0 atom stereocenters. The molecule has 0 aromatic carbocycles. The lowest BCUT2D eigenvalue weighted by molar-refractivity contribution is 0.213. The third-order valence-electron chi connectivity index (χ3n) is 1.00. The fourth-order valence-corrected chi connectivity index (χ4v) is 0.300. The van der Waals surface area contributed by atoms with E-state index in [0.29, 0.717) is 0 Å². The molecule has 0 rings (SSSR count). The number of ether oxygens (including phenoxy) is 1. The molecule has 0 radical (unpaired) electrons. The van der Waals surface area contributed by atoms with Crippen molar-refractivity contribution in [3.05, 3.63) is 11.8 Å². The molecule has 0 saturated heterocycles. The Morgan fingerprint density at radius 3 is 1.67 bits per heavy atom. The molecular weight excluding hydrogens is 154 g/mol. The minimum Gasteiger partial charge on any atom is -0.502 e. The molecule has 0 bridgehead atoms. The SMILES string of the molecule is C/C=C(\C)OC.CON=C(C)C. The van der Waals surface area contributed by atoms with Crippen LogP contribution in [0.5, 0.6) is 0 Å². The Kier molecular flexibility index (Phi) is 11.3. The monoisotopic (exact) mass is 173 g/mol. The van der Waals surface area contributed by atoms with E-state index in [4.69, 9.17) is 4.74 Å². The number of nitrogens with zero attached hydrogens (tertiary/aromatic N) is 1. The lowest BCUT2D eigenvalue weighted by Crippen LogP contribution is -1.79. The van der Waals surface area contributed by atoms with Crippen molar-refractivity contribution in [2.75, 3.05) is 14.2 Å². The Bertz CT molecular complexity index is 147. The highest BCUT2D eigenvalue weighted by atomic mass is 16.6. The Morgan fingerprint density at radius 2 is 1.67 bits per heavy atom. The first-order chi connectivity index (χ1) is 5.58. The highest BCUT2D eigenvalue weighted by Gasteiger charge is 1.72. The van der Waals surface area contributed by atoms with Crippen molar-refractivity contribution in [2.24, 2.45) is 5.16 Å². The summed E-state index contributed by atoms with van der Waals surface area (Å²) in [5, 5.41) is 3.54. The van der Waals surface area contributed by atoms with Gasteiger partial charge in [-0.3, -0.25) is 0 Å². The van der Waals surface area contributed by atoms with Crippen molar-refractivity contribution in [3.8, 4) is 0 Å². The van der Waals surface area contributed by atoms with E-state index in [-0.39, 0.29) is 0 Å². The molecule has 3 heteroatoms. The van der Waals surface area contributed by atoms with Crippen molar-refractivity contribution in [3.63, 3.8) is 0 Å². The highest BCUT2D eigenvalue weighted by molar-refractivity contribution is 5.78. The molecular formula is C9H19NO2. The van der Waals surface area contributed by atoms with Gasteiger partial charge in [0, 0.05) is 0 Å². The standard InChI is InChI=1S/C5H10O.C4H9NO/c1-4-5(2)6-3;1-4(2)5-6-3/h4H,1-3H3;1-3H3/b5-4+;. The summed E-state index contributed by atoms with van der Waals surface area (Å²) in [5.41, 5.74) is 0.942. The van der Waals surface area contributed by atoms with Gasteiger partial charge in [0.15, 0.2) is 0 Å². The summed E-state index contributed by atoms with van der Waals surface area (Å²) in [4.78, 5) is 4.39. The van der Waals surface area contributed by atoms with E-state index < -0.39 is 0 Å². The highest BCUT2D eigenvalue weighted by Crippen LogP contribution is 1.87. The van der Waals surface area contributed by atoms with Gasteiger partial charge in [0.1, 0.15) is 7.11 Å². The predicted octanol–water partition coefficient (Wildman–Crippen LogP) is 2.59. The van der Waals surface area contributed by atoms with Crippen molar-refractivity contribution in [2.45, 2.75) is 27.7 Å². The number of hydrogen-bond acceptors (Lipinski definition) is 3. The van der Waals surface area contributed by atoms with Crippen molar-refractivity contribution in [1.82, 2.24) is 0 Å². The van der Waals surface area contributed by atoms with Crippen LogP contribution in [0.25, 0.3) is 0 Å².